The van der Waals surface area contributed by atoms with Gasteiger partial charge in [0.05, 0.1) is 5.69 Å². The van der Waals surface area contributed by atoms with Gasteiger partial charge in [0.1, 0.15) is 5.69 Å². The molecule has 3 nitrogen and oxygen atoms in total. The zero-order valence-electron chi connectivity index (χ0n) is 7.74. The van der Waals surface area contributed by atoms with Crippen LogP contribution in [0.5, 0.6) is 0 Å². The summed E-state index contributed by atoms with van der Waals surface area (Å²) in [4.78, 5) is 10.6. The van der Waals surface area contributed by atoms with E-state index in [9.17, 15) is 4.79 Å². The molecule has 1 rings (SSSR count). The van der Waals surface area contributed by atoms with Crippen molar-refractivity contribution in [2.45, 2.75) is 33.2 Å². The molecular weight excluding hydrogens is 152 g/mol. The van der Waals surface area contributed by atoms with Gasteiger partial charge in [-0.2, -0.15) is 5.10 Å². The van der Waals surface area contributed by atoms with Gasteiger partial charge in [0.25, 0.3) is 0 Å². The summed E-state index contributed by atoms with van der Waals surface area (Å²) < 4.78 is 1.76. The number of aldehydes is 1. The summed E-state index contributed by atoms with van der Waals surface area (Å²) >= 11 is 0. The normalized spacial score (nSPS) is 10.7. The van der Waals surface area contributed by atoms with Crippen molar-refractivity contribution in [2.75, 3.05) is 0 Å². The number of aromatic nitrogens is 2. The summed E-state index contributed by atoms with van der Waals surface area (Å²) in [5.41, 5.74) is 1.65. The van der Waals surface area contributed by atoms with Crippen molar-refractivity contribution in [3.63, 3.8) is 0 Å². The first-order valence-corrected chi connectivity index (χ1v) is 4.22. The van der Waals surface area contributed by atoms with Crippen molar-refractivity contribution in [1.82, 2.24) is 9.78 Å². The average Bonchev–Trinajstić information content (AvgIpc) is 2.47. The van der Waals surface area contributed by atoms with Crippen molar-refractivity contribution in [3.8, 4) is 0 Å². The zero-order valence-corrected chi connectivity index (χ0v) is 7.74. The second kappa shape index (κ2) is 3.52. The van der Waals surface area contributed by atoms with E-state index in [0.717, 1.165) is 18.4 Å². The first-order chi connectivity index (χ1) is 5.69. The van der Waals surface area contributed by atoms with E-state index in [1.54, 1.807) is 4.68 Å². The molecule has 0 atom stereocenters. The predicted octanol–water partition coefficient (Wildman–Crippen LogP) is 1.84. The molecule has 0 aliphatic rings. The van der Waals surface area contributed by atoms with Gasteiger partial charge in [0.2, 0.25) is 0 Å². The largest absolute Gasteiger partial charge is 0.296 e. The number of rotatable bonds is 3. The zero-order chi connectivity index (χ0) is 9.14. The fourth-order valence-corrected chi connectivity index (χ4v) is 1.14. The van der Waals surface area contributed by atoms with Crippen LogP contribution in [0.3, 0.4) is 0 Å². The molecule has 1 aromatic heterocycles. The van der Waals surface area contributed by atoms with Gasteiger partial charge in [-0.15, -0.1) is 0 Å². The van der Waals surface area contributed by atoms with E-state index in [-0.39, 0.29) is 6.04 Å². The third-order valence-electron chi connectivity index (χ3n) is 1.79. The van der Waals surface area contributed by atoms with Crippen LogP contribution in [-0.2, 0) is 6.42 Å². The van der Waals surface area contributed by atoms with Gasteiger partial charge in [-0.3, -0.25) is 9.48 Å². The molecule has 0 spiro atoms. The molecule has 0 aliphatic heterocycles. The Morgan fingerprint density at radius 1 is 1.67 bits per heavy atom. The van der Waals surface area contributed by atoms with Gasteiger partial charge in [-0.05, 0) is 26.3 Å². The molecular formula is C9H14N2O. The lowest BCUT2D eigenvalue weighted by molar-refractivity contribution is 0.111. The first-order valence-electron chi connectivity index (χ1n) is 4.22. The van der Waals surface area contributed by atoms with E-state index in [0.29, 0.717) is 5.69 Å². The van der Waals surface area contributed by atoms with Crippen molar-refractivity contribution >= 4 is 6.29 Å². The molecule has 0 N–H and O–H groups in total. The summed E-state index contributed by atoms with van der Waals surface area (Å²) in [6, 6.07) is 2.10. The molecule has 0 saturated carbocycles. The van der Waals surface area contributed by atoms with Gasteiger partial charge >= 0.3 is 0 Å². The molecule has 12 heavy (non-hydrogen) atoms. The van der Waals surface area contributed by atoms with Crippen LogP contribution >= 0.6 is 0 Å². The minimum atomic E-state index is 0.255. The van der Waals surface area contributed by atoms with Gasteiger partial charge in [0.15, 0.2) is 6.29 Å². The minimum absolute atomic E-state index is 0.255. The molecule has 66 valence electrons. The molecule has 0 fully saturated rings. The highest BCUT2D eigenvalue weighted by Gasteiger charge is 2.07. The van der Waals surface area contributed by atoms with Crippen LogP contribution in [0.4, 0.5) is 0 Å². The van der Waals surface area contributed by atoms with Gasteiger partial charge in [-0.25, -0.2) is 0 Å². The van der Waals surface area contributed by atoms with Crippen molar-refractivity contribution in [1.29, 1.82) is 0 Å². The molecule has 0 bridgehead atoms. The molecule has 1 aromatic rings. The van der Waals surface area contributed by atoms with Gasteiger partial charge in [0, 0.05) is 6.04 Å². The Kier molecular flexibility index (Phi) is 2.63. The maximum Gasteiger partial charge on any atom is 0.168 e. The molecule has 0 unspecified atom stereocenters. The Balaban J connectivity index is 3.08. The lowest BCUT2D eigenvalue weighted by Gasteiger charge is -2.05. The van der Waals surface area contributed by atoms with Crippen LogP contribution in [0.2, 0.25) is 0 Å². The van der Waals surface area contributed by atoms with Crippen LogP contribution in [0, 0.1) is 0 Å². The summed E-state index contributed by atoms with van der Waals surface area (Å²) in [5, 5.41) is 4.28. The smallest absolute Gasteiger partial charge is 0.168 e. The number of nitrogens with zero attached hydrogens (tertiary/aromatic N) is 2. The monoisotopic (exact) mass is 166 g/mol. The highest BCUT2D eigenvalue weighted by Crippen LogP contribution is 2.09. The van der Waals surface area contributed by atoms with Crippen LogP contribution < -0.4 is 0 Å². The Morgan fingerprint density at radius 3 is 2.67 bits per heavy atom. The summed E-state index contributed by atoms with van der Waals surface area (Å²) in [6.45, 7) is 6.06. The number of aryl methyl sites for hydroxylation is 1. The Labute approximate surface area is 72.4 Å². The number of hydrogen-bond donors (Lipinski definition) is 0. The molecule has 0 saturated heterocycles. The third-order valence-corrected chi connectivity index (χ3v) is 1.79. The molecule has 0 aromatic carbocycles. The first kappa shape index (κ1) is 8.97. The highest BCUT2D eigenvalue weighted by atomic mass is 16.1. The van der Waals surface area contributed by atoms with E-state index < -0.39 is 0 Å². The SMILES string of the molecule is CCc1cc(C=O)n(C(C)C)n1. The van der Waals surface area contributed by atoms with E-state index in [1.165, 1.54) is 0 Å². The second-order valence-corrected chi connectivity index (χ2v) is 3.07. The topological polar surface area (TPSA) is 34.9 Å². The second-order valence-electron chi connectivity index (χ2n) is 3.07. The van der Waals surface area contributed by atoms with Gasteiger partial charge < -0.3 is 0 Å². The lowest BCUT2D eigenvalue weighted by Crippen LogP contribution is -2.06. The molecule has 1 heterocycles. The quantitative estimate of drug-likeness (QED) is 0.642. The summed E-state index contributed by atoms with van der Waals surface area (Å²) in [6.07, 6.45) is 1.73. The fourth-order valence-electron chi connectivity index (χ4n) is 1.14. The Hall–Kier alpha value is -1.12. The standard InChI is InChI=1S/C9H14N2O/c1-4-8-5-9(6-12)11(10-8)7(2)3/h5-7H,4H2,1-3H3. The molecule has 0 radical (unpaired) electrons. The number of hydrogen-bond acceptors (Lipinski definition) is 2. The maximum absolute atomic E-state index is 10.6. The highest BCUT2D eigenvalue weighted by molar-refractivity contribution is 5.72. The molecule has 0 aliphatic carbocycles. The molecule has 3 heteroatoms. The van der Waals surface area contributed by atoms with Crippen molar-refractivity contribution < 1.29 is 4.79 Å². The fraction of sp³-hybridized carbons (Fsp3) is 0.556. The van der Waals surface area contributed by atoms with Crippen LogP contribution in [0.25, 0.3) is 0 Å². The van der Waals surface area contributed by atoms with E-state index in [1.807, 2.05) is 26.8 Å². The number of carbonyl (C=O) groups is 1. The van der Waals surface area contributed by atoms with Crippen molar-refractivity contribution in [3.05, 3.63) is 17.5 Å². The maximum atomic E-state index is 10.6. The predicted molar refractivity (Wildman–Crippen MR) is 47.4 cm³/mol. The lowest BCUT2D eigenvalue weighted by atomic mass is 10.3. The van der Waals surface area contributed by atoms with Gasteiger partial charge in [-0.1, -0.05) is 6.92 Å². The van der Waals surface area contributed by atoms with E-state index in [4.69, 9.17) is 0 Å². The Bertz CT molecular complexity index is 276. The minimum Gasteiger partial charge on any atom is -0.296 e. The summed E-state index contributed by atoms with van der Waals surface area (Å²) in [7, 11) is 0. The Morgan fingerprint density at radius 2 is 2.33 bits per heavy atom. The average molecular weight is 166 g/mol. The van der Waals surface area contributed by atoms with Crippen LogP contribution in [0.1, 0.15) is 43.0 Å². The van der Waals surface area contributed by atoms with E-state index >= 15 is 0 Å². The van der Waals surface area contributed by atoms with Crippen molar-refractivity contribution in [2.24, 2.45) is 0 Å². The van der Waals surface area contributed by atoms with E-state index in [2.05, 4.69) is 5.10 Å². The van der Waals surface area contributed by atoms with Crippen LogP contribution in [-0.4, -0.2) is 16.1 Å². The number of carbonyl (C=O) groups excluding carboxylic acids is 1. The van der Waals surface area contributed by atoms with Crippen LogP contribution in [0.15, 0.2) is 6.07 Å². The summed E-state index contributed by atoms with van der Waals surface area (Å²) in [5.74, 6) is 0. The third kappa shape index (κ3) is 1.55. The molecule has 0 amide bonds.